The van der Waals surface area contributed by atoms with Crippen LogP contribution in [0.1, 0.15) is 48.3 Å². The molecule has 0 radical (unpaired) electrons. The van der Waals surface area contributed by atoms with Crippen molar-refractivity contribution in [3.63, 3.8) is 0 Å². The lowest BCUT2D eigenvalue weighted by molar-refractivity contribution is -0.553. The molecule has 0 aromatic heterocycles. The zero-order chi connectivity index (χ0) is 13.6. The Morgan fingerprint density at radius 1 is 1.37 bits per heavy atom. The summed E-state index contributed by atoms with van der Waals surface area (Å²) >= 11 is 0. The van der Waals surface area contributed by atoms with Gasteiger partial charge < -0.3 is 0 Å². The second-order valence-electron chi connectivity index (χ2n) is 5.83. The van der Waals surface area contributed by atoms with Crippen molar-refractivity contribution in [2.45, 2.75) is 50.5 Å². The average Bonchev–Trinajstić information content (AvgIpc) is 2.48. The minimum absolute atomic E-state index is 0.159. The van der Waals surface area contributed by atoms with E-state index < -0.39 is 5.54 Å². The van der Waals surface area contributed by atoms with Gasteiger partial charge in [0.05, 0.1) is 12.3 Å². The molecule has 19 heavy (non-hydrogen) atoms. The standard InChI is InChI=1S/C15H17NO3/c1-10-5-6-11-9-15(16(18)19)7-3-2-4-12(14(15)17)13(11)8-10/h5-6,8,12H,2-4,7,9H2,1H3/t12-,15-/m0/s1. The summed E-state index contributed by atoms with van der Waals surface area (Å²) in [7, 11) is 0. The van der Waals surface area contributed by atoms with Gasteiger partial charge >= 0.3 is 0 Å². The first kappa shape index (κ1) is 12.3. The Morgan fingerprint density at radius 2 is 2.16 bits per heavy atom. The number of nitrogens with zero attached hydrogens (tertiary/aromatic N) is 1. The van der Waals surface area contributed by atoms with Crippen molar-refractivity contribution >= 4 is 5.78 Å². The first-order valence-electron chi connectivity index (χ1n) is 6.83. The second kappa shape index (κ2) is 4.15. The van der Waals surface area contributed by atoms with Crippen LogP contribution in [0, 0.1) is 17.0 Å². The number of ketones is 1. The summed E-state index contributed by atoms with van der Waals surface area (Å²) in [5.41, 5.74) is 1.78. The highest BCUT2D eigenvalue weighted by molar-refractivity contribution is 5.95. The molecule has 1 fully saturated rings. The number of hydrogen-bond acceptors (Lipinski definition) is 3. The van der Waals surface area contributed by atoms with Crippen molar-refractivity contribution in [2.24, 2.45) is 0 Å². The molecule has 0 amide bonds. The Balaban J connectivity index is 2.19. The van der Waals surface area contributed by atoms with Gasteiger partial charge in [0.2, 0.25) is 5.78 Å². The van der Waals surface area contributed by atoms with Gasteiger partial charge in [-0.1, -0.05) is 30.2 Å². The molecule has 0 unspecified atom stereocenters. The number of Topliss-reactive ketones (excluding diaryl/α,β-unsaturated/α-hetero) is 1. The number of carbonyl (C=O) groups is 1. The molecular weight excluding hydrogens is 242 g/mol. The molecule has 4 nitrogen and oxygen atoms in total. The molecule has 1 aromatic carbocycles. The summed E-state index contributed by atoms with van der Waals surface area (Å²) in [5, 5.41) is 11.5. The molecule has 0 saturated heterocycles. The maximum atomic E-state index is 12.6. The van der Waals surface area contributed by atoms with Crippen LogP contribution in [-0.4, -0.2) is 16.2 Å². The van der Waals surface area contributed by atoms with E-state index in [0.29, 0.717) is 6.42 Å². The molecule has 0 heterocycles. The SMILES string of the molecule is Cc1ccc2c(c1)[C@@H]1CCCC[C@]([N+](=O)[O-])(C2)C1=O. The van der Waals surface area contributed by atoms with E-state index in [9.17, 15) is 14.9 Å². The van der Waals surface area contributed by atoms with Crippen molar-refractivity contribution < 1.29 is 9.72 Å². The first-order chi connectivity index (χ1) is 9.04. The summed E-state index contributed by atoms with van der Waals surface area (Å²) in [6, 6.07) is 5.98. The predicted molar refractivity (Wildman–Crippen MR) is 70.8 cm³/mol. The smallest absolute Gasteiger partial charge is 0.283 e. The Morgan fingerprint density at radius 3 is 2.89 bits per heavy atom. The number of nitro groups is 1. The third-order valence-electron chi connectivity index (χ3n) is 4.62. The van der Waals surface area contributed by atoms with E-state index in [4.69, 9.17) is 0 Å². The minimum Gasteiger partial charge on any atom is -0.291 e. The fourth-order valence-electron chi connectivity index (χ4n) is 3.58. The molecule has 2 bridgehead atoms. The van der Waals surface area contributed by atoms with Crippen LogP contribution >= 0.6 is 0 Å². The molecule has 1 aromatic rings. The summed E-state index contributed by atoms with van der Waals surface area (Å²) in [5.74, 6) is -0.426. The molecule has 0 aliphatic heterocycles. The molecule has 2 aliphatic carbocycles. The topological polar surface area (TPSA) is 60.2 Å². The summed E-state index contributed by atoms with van der Waals surface area (Å²) in [4.78, 5) is 23.8. The fraction of sp³-hybridized carbons (Fsp3) is 0.533. The molecule has 0 spiro atoms. The number of hydrogen-bond donors (Lipinski definition) is 0. The van der Waals surface area contributed by atoms with Crippen molar-refractivity contribution in [1.82, 2.24) is 0 Å². The predicted octanol–water partition coefficient (Wildman–Crippen LogP) is 2.79. The van der Waals surface area contributed by atoms with Crippen molar-refractivity contribution in [1.29, 1.82) is 0 Å². The van der Waals surface area contributed by atoms with Gasteiger partial charge in [-0.3, -0.25) is 14.9 Å². The fourth-order valence-corrected chi connectivity index (χ4v) is 3.58. The van der Waals surface area contributed by atoms with Gasteiger partial charge in [0.15, 0.2) is 0 Å². The van der Waals surface area contributed by atoms with E-state index in [1.807, 2.05) is 25.1 Å². The first-order valence-corrected chi connectivity index (χ1v) is 6.83. The van der Waals surface area contributed by atoms with Crippen LogP contribution in [0.3, 0.4) is 0 Å². The van der Waals surface area contributed by atoms with Crippen LogP contribution in [0.4, 0.5) is 0 Å². The lowest BCUT2D eigenvalue weighted by atomic mass is 9.70. The average molecular weight is 259 g/mol. The molecule has 0 N–H and O–H groups in total. The summed E-state index contributed by atoms with van der Waals surface area (Å²) < 4.78 is 0. The van der Waals surface area contributed by atoms with Gasteiger partial charge in [-0.05, 0) is 30.9 Å². The molecule has 4 heteroatoms. The lowest BCUT2D eigenvalue weighted by Gasteiger charge is -2.32. The molecule has 2 atom stereocenters. The van der Waals surface area contributed by atoms with Crippen molar-refractivity contribution in [3.8, 4) is 0 Å². The van der Waals surface area contributed by atoms with Crippen LogP contribution in [0.15, 0.2) is 18.2 Å². The van der Waals surface area contributed by atoms with Gasteiger partial charge in [-0.2, -0.15) is 0 Å². The molecule has 3 rings (SSSR count). The highest BCUT2D eigenvalue weighted by atomic mass is 16.6. The Bertz CT molecular complexity index is 567. The van der Waals surface area contributed by atoms with Gasteiger partial charge in [0, 0.05) is 11.3 Å². The van der Waals surface area contributed by atoms with E-state index in [1.54, 1.807) is 0 Å². The number of rotatable bonds is 1. The Labute approximate surface area is 112 Å². The van der Waals surface area contributed by atoms with Crippen LogP contribution in [0.2, 0.25) is 0 Å². The van der Waals surface area contributed by atoms with Crippen molar-refractivity contribution in [2.75, 3.05) is 0 Å². The van der Waals surface area contributed by atoms with E-state index in [1.165, 1.54) is 0 Å². The zero-order valence-corrected chi connectivity index (χ0v) is 11.0. The Kier molecular flexibility index (Phi) is 2.69. The van der Waals surface area contributed by atoms with Crippen molar-refractivity contribution in [3.05, 3.63) is 45.0 Å². The zero-order valence-electron chi connectivity index (χ0n) is 11.0. The maximum absolute atomic E-state index is 12.6. The third kappa shape index (κ3) is 1.70. The molecule has 1 saturated carbocycles. The normalized spacial score (nSPS) is 29.5. The lowest BCUT2D eigenvalue weighted by Crippen LogP contribution is -2.52. The van der Waals surface area contributed by atoms with E-state index in [2.05, 4.69) is 0 Å². The highest BCUT2D eigenvalue weighted by Gasteiger charge is 2.57. The van der Waals surface area contributed by atoms with Gasteiger partial charge in [-0.25, -0.2) is 0 Å². The number of benzene rings is 1. The largest absolute Gasteiger partial charge is 0.291 e. The Hall–Kier alpha value is -1.71. The van der Waals surface area contributed by atoms with Gasteiger partial charge in [-0.15, -0.1) is 0 Å². The summed E-state index contributed by atoms with van der Waals surface area (Å²) in [6.07, 6.45) is 3.09. The molecular formula is C15H17NO3. The monoisotopic (exact) mass is 259 g/mol. The van der Waals surface area contributed by atoms with E-state index in [0.717, 1.165) is 36.0 Å². The highest BCUT2D eigenvalue weighted by Crippen LogP contribution is 2.44. The molecule has 100 valence electrons. The van der Waals surface area contributed by atoms with E-state index in [-0.39, 0.29) is 23.0 Å². The van der Waals surface area contributed by atoms with Gasteiger partial charge in [0.25, 0.3) is 5.54 Å². The van der Waals surface area contributed by atoms with Crippen LogP contribution < -0.4 is 0 Å². The van der Waals surface area contributed by atoms with E-state index >= 15 is 0 Å². The van der Waals surface area contributed by atoms with Crippen LogP contribution in [0.25, 0.3) is 0 Å². The molecule has 2 aliphatic rings. The number of fused-ring (bicyclic) bond motifs is 4. The third-order valence-corrected chi connectivity index (χ3v) is 4.62. The van der Waals surface area contributed by atoms with Crippen LogP contribution in [-0.2, 0) is 11.2 Å². The number of aryl methyl sites for hydroxylation is 1. The maximum Gasteiger partial charge on any atom is 0.283 e. The quantitative estimate of drug-likeness (QED) is 0.575. The van der Waals surface area contributed by atoms with Gasteiger partial charge in [0.1, 0.15) is 0 Å². The second-order valence-corrected chi connectivity index (χ2v) is 5.83. The summed E-state index contributed by atoms with van der Waals surface area (Å²) in [6.45, 7) is 2.00. The number of carbonyl (C=O) groups excluding carboxylic acids is 1. The van der Waals surface area contributed by atoms with Crippen LogP contribution in [0.5, 0.6) is 0 Å². The minimum atomic E-state index is -1.36.